The van der Waals surface area contributed by atoms with Gasteiger partial charge in [0.15, 0.2) is 0 Å². The number of carbonyl (C=O) groups is 1. The molecular weight excluding hydrogens is 293 g/mol. The van der Waals surface area contributed by atoms with E-state index in [9.17, 15) is 18.0 Å². The number of amides is 1. The molecule has 0 aromatic heterocycles. The second kappa shape index (κ2) is 6.31. The average Bonchev–Trinajstić information content (AvgIpc) is 2.47. The molecule has 0 fully saturated rings. The van der Waals surface area contributed by atoms with Gasteiger partial charge in [0.25, 0.3) is 5.91 Å². The SMILES string of the molecule is N#CCc1ccccc1C(=O)Nc1cccc(C(F)(F)F)c1. The van der Waals surface area contributed by atoms with Gasteiger partial charge >= 0.3 is 6.18 Å². The molecule has 1 amide bonds. The van der Waals surface area contributed by atoms with E-state index in [1.807, 2.05) is 6.07 Å². The lowest BCUT2D eigenvalue weighted by molar-refractivity contribution is -0.137. The van der Waals surface area contributed by atoms with E-state index in [1.54, 1.807) is 18.2 Å². The molecule has 2 aromatic rings. The second-order valence-corrected chi connectivity index (χ2v) is 4.52. The van der Waals surface area contributed by atoms with E-state index >= 15 is 0 Å². The first kappa shape index (κ1) is 15.6. The molecule has 6 heteroatoms. The van der Waals surface area contributed by atoms with Crippen molar-refractivity contribution in [2.24, 2.45) is 0 Å². The zero-order chi connectivity index (χ0) is 16.2. The summed E-state index contributed by atoms with van der Waals surface area (Å²) in [4.78, 5) is 12.2. The van der Waals surface area contributed by atoms with Gasteiger partial charge in [-0.3, -0.25) is 4.79 Å². The van der Waals surface area contributed by atoms with Gasteiger partial charge < -0.3 is 5.32 Å². The molecule has 3 nitrogen and oxygen atoms in total. The molecule has 0 saturated heterocycles. The van der Waals surface area contributed by atoms with Crippen LogP contribution in [0, 0.1) is 11.3 Å². The first-order chi connectivity index (χ1) is 10.4. The van der Waals surface area contributed by atoms with Crippen molar-refractivity contribution >= 4 is 11.6 Å². The highest BCUT2D eigenvalue weighted by Crippen LogP contribution is 2.30. The predicted molar refractivity (Wildman–Crippen MR) is 75.2 cm³/mol. The van der Waals surface area contributed by atoms with Crippen LogP contribution >= 0.6 is 0 Å². The van der Waals surface area contributed by atoms with Gasteiger partial charge in [0.05, 0.1) is 18.1 Å². The van der Waals surface area contributed by atoms with Gasteiger partial charge in [-0.05, 0) is 29.8 Å². The molecule has 0 spiro atoms. The molecular formula is C16H11F3N2O. The van der Waals surface area contributed by atoms with Gasteiger partial charge in [-0.2, -0.15) is 18.4 Å². The molecule has 2 rings (SSSR count). The minimum absolute atomic E-state index is 0.0478. The molecule has 0 saturated carbocycles. The van der Waals surface area contributed by atoms with Crippen molar-refractivity contribution in [3.05, 3.63) is 65.2 Å². The van der Waals surface area contributed by atoms with Gasteiger partial charge in [0.1, 0.15) is 0 Å². The summed E-state index contributed by atoms with van der Waals surface area (Å²) in [6.07, 6.45) is -4.42. The maximum Gasteiger partial charge on any atom is 0.416 e. The standard InChI is InChI=1S/C16H11F3N2O/c17-16(18,19)12-5-3-6-13(10-12)21-15(22)14-7-2-1-4-11(14)8-9-20/h1-7,10H,8H2,(H,21,22). The Kier molecular flexibility index (Phi) is 4.47. The molecule has 0 heterocycles. The first-order valence-electron chi connectivity index (χ1n) is 6.35. The van der Waals surface area contributed by atoms with Gasteiger partial charge in [0.2, 0.25) is 0 Å². The van der Waals surface area contributed by atoms with Crippen LogP contribution in [-0.4, -0.2) is 5.91 Å². The van der Waals surface area contributed by atoms with Crippen LogP contribution in [0.5, 0.6) is 0 Å². The molecule has 0 atom stereocenters. The highest BCUT2D eigenvalue weighted by atomic mass is 19.4. The Balaban J connectivity index is 2.25. The van der Waals surface area contributed by atoms with Crippen molar-refractivity contribution in [3.8, 4) is 6.07 Å². The Labute approximate surface area is 125 Å². The predicted octanol–water partition coefficient (Wildman–Crippen LogP) is 4.02. The number of nitriles is 1. The van der Waals surface area contributed by atoms with E-state index in [2.05, 4.69) is 5.32 Å². The van der Waals surface area contributed by atoms with Crippen molar-refractivity contribution in [2.75, 3.05) is 5.32 Å². The number of rotatable bonds is 3. The number of hydrogen-bond acceptors (Lipinski definition) is 2. The zero-order valence-corrected chi connectivity index (χ0v) is 11.3. The zero-order valence-electron chi connectivity index (χ0n) is 11.3. The van der Waals surface area contributed by atoms with Crippen LogP contribution in [0.4, 0.5) is 18.9 Å². The average molecular weight is 304 g/mol. The van der Waals surface area contributed by atoms with E-state index in [-0.39, 0.29) is 17.7 Å². The van der Waals surface area contributed by atoms with E-state index in [0.29, 0.717) is 5.56 Å². The summed E-state index contributed by atoms with van der Waals surface area (Å²) in [7, 11) is 0. The number of nitrogens with one attached hydrogen (secondary N) is 1. The number of anilines is 1. The first-order valence-corrected chi connectivity index (χ1v) is 6.35. The summed E-state index contributed by atoms with van der Waals surface area (Å²) in [5.41, 5.74) is -0.00173. The molecule has 0 unspecified atom stereocenters. The quantitative estimate of drug-likeness (QED) is 0.931. The smallest absolute Gasteiger partial charge is 0.322 e. The summed E-state index contributed by atoms with van der Waals surface area (Å²) in [5, 5.41) is 11.2. The van der Waals surface area contributed by atoms with Crippen LogP contribution in [-0.2, 0) is 12.6 Å². The number of halogens is 3. The molecule has 0 bridgehead atoms. The molecule has 0 aliphatic heterocycles. The Hall–Kier alpha value is -2.81. The molecule has 112 valence electrons. The molecule has 0 radical (unpaired) electrons. The third kappa shape index (κ3) is 3.64. The maximum absolute atomic E-state index is 12.6. The van der Waals surface area contributed by atoms with Crippen molar-refractivity contribution in [2.45, 2.75) is 12.6 Å². The highest BCUT2D eigenvalue weighted by molar-refractivity contribution is 6.05. The minimum atomic E-state index is -4.47. The van der Waals surface area contributed by atoms with Gasteiger partial charge in [-0.1, -0.05) is 24.3 Å². The molecule has 2 aromatic carbocycles. The van der Waals surface area contributed by atoms with Crippen LogP contribution in [0.1, 0.15) is 21.5 Å². The van der Waals surface area contributed by atoms with E-state index < -0.39 is 17.6 Å². The van der Waals surface area contributed by atoms with Crippen LogP contribution < -0.4 is 5.32 Å². The van der Waals surface area contributed by atoms with Crippen LogP contribution in [0.25, 0.3) is 0 Å². The summed E-state index contributed by atoms with van der Waals surface area (Å²) in [6.45, 7) is 0. The van der Waals surface area contributed by atoms with Crippen LogP contribution in [0.15, 0.2) is 48.5 Å². The van der Waals surface area contributed by atoms with Crippen molar-refractivity contribution in [1.29, 1.82) is 5.26 Å². The lowest BCUT2D eigenvalue weighted by Crippen LogP contribution is -2.15. The fraction of sp³-hybridized carbons (Fsp3) is 0.125. The second-order valence-electron chi connectivity index (χ2n) is 4.52. The Morgan fingerprint density at radius 1 is 1.14 bits per heavy atom. The third-order valence-corrected chi connectivity index (χ3v) is 2.98. The fourth-order valence-electron chi connectivity index (χ4n) is 1.95. The number of hydrogen-bond donors (Lipinski definition) is 1. The fourth-order valence-corrected chi connectivity index (χ4v) is 1.95. The number of alkyl halides is 3. The summed E-state index contributed by atoms with van der Waals surface area (Å²) >= 11 is 0. The summed E-state index contributed by atoms with van der Waals surface area (Å²) in [5.74, 6) is -0.551. The summed E-state index contributed by atoms with van der Waals surface area (Å²) < 4.78 is 37.9. The molecule has 0 aliphatic rings. The Morgan fingerprint density at radius 3 is 2.55 bits per heavy atom. The van der Waals surface area contributed by atoms with Crippen molar-refractivity contribution in [1.82, 2.24) is 0 Å². The lowest BCUT2D eigenvalue weighted by atomic mass is 10.0. The Morgan fingerprint density at radius 2 is 1.86 bits per heavy atom. The molecule has 0 aliphatic carbocycles. The van der Waals surface area contributed by atoms with E-state index in [4.69, 9.17) is 5.26 Å². The molecule has 22 heavy (non-hydrogen) atoms. The van der Waals surface area contributed by atoms with Crippen LogP contribution in [0.3, 0.4) is 0 Å². The van der Waals surface area contributed by atoms with Gasteiger partial charge in [0, 0.05) is 11.3 Å². The lowest BCUT2D eigenvalue weighted by Gasteiger charge is -2.11. The van der Waals surface area contributed by atoms with E-state index in [1.165, 1.54) is 18.2 Å². The number of nitrogens with zero attached hydrogens (tertiary/aromatic N) is 1. The van der Waals surface area contributed by atoms with Crippen LogP contribution in [0.2, 0.25) is 0 Å². The maximum atomic E-state index is 12.6. The molecule has 1 N–H and O–H groups in total. The third-order valence-electron chi connectivity index (χ3n) is 2.98. The Bertz CT molecular complexity index is 733. The van der Waals surface area contributed by atoms with Gasteiger partial charge in [-0.25, -0.2) is 0 Å². The highest BCUT2D eigenvalue weighted by Gasteiger charge is 2.30. The minimum Gasteiger partial charge on any atom is -0.322 e. The normalized spacial score (nSPS) is 10.8. The van der Waals surface area contributed by atoms with Gasteiger partial charge in [-0.15, -0.1) is 0 Å². The topological polar surface area (TPSA) is 52.9 Å². The van der Waals surface area contributed by atoms with Crippen molar-refractivity contribution < 1.29 is 18.0 Å². The van der Waals surface area contributed by atoms with Crippen molar-refractivity contribution in [3.63, 3.8) is 0 Å². The largest absolute Gasteiger partial charge is 0.416 e. The van der Waals surface area contributed by atoms with E-state index in [0.717, 1.165) is 12.1 Å². The monoisotopic (exact) mass is 304 g/mol. The summed E-state index contributed by atoms with van der Waals surface area (Å²) in [6, 6.07) is 12.8. The number of carbonyl (C=O) groups excluding carboxylic acids is 1. The number of benzene rings is 2.